The van der Waals surface area contributed by atoms with Crippen LogP contribution in [-0.2, 0) is 21.5 Å². The normalized spacial score (nSPS) is 15.0. The van der Waals surface area contributed by atoms with Gasteiger partial charge in [-0.25, -0.2) is 4.90 Å². The molecule has 2 amide bonds. The highest BCUT2D eigenvalue weighted by atomic mass is 35.5. The molecule has 0 N–H and O–H groups in total. The van der Waals surface area contributed by atoms with E-state index in [1.807, 2.05) is 6.07 Å². The van der Waals surface area contributed by atoms with E-state index in [4.69, 9.17) is 4.42 Å². The summed E-state index contributed by atoms with van der Waals surface area (Å²) in [6, 6.07) is 14.5. The predicted molar refractivity (Wildman–Crippen MR) is 281 cm³/mol. The zero-order valence-electron chi connectivity index (χ0n) is 42.9. The maximum atomic E-state index is 12.7. The number of imide groups is 1. The monoisotopic (exact) mass is 938 g/mol. The van der Waals surface area contributed by atoms with E-state index in [2.05, 4.69) is 91.8 Å². The van der Waals surface area contributed by atoms with Gasteiger partial charge in [0.1, 0.15) is 0 Å². The molecule has 372 valence electrons. The number of rotatable bonds is 37. The number of unbranched alkanes of at least 4 members (excludes halogenated alkanes) is 30. The highest BCUT2D eigenvalue weighted by Crippen LogP contribution is 2.49. The fourth-order valence-electron chi connectivity index (χ4n) is 10.5. The quantitative estimate of drug-likeness (QED) is 0.0328. The molecule has 3 aromatic rings. The number of aromatic nitrogens is 1. The summed E-state index contributed by atoms with van der Waals surface area (Å²) in [5.74, 6) is 0.323. The Morgan fingerprint density at radius 1 is 0.567 bits per heavy atom. The number of hydrogen-bond acceptors (Lipinski definition) is 4. The maximum absolute atomic E-state index is 12.7. The minimum atomic E-state index is -0.332. The minimum absolute atomic E-state index is 0. The standard InChI is InChI=1S/C60H92N3O3.ClH/c1-5-7-9-11-13-15-17-19-21-23-25-27-29-31-33-37-48-61-53-45-44-51(63-57(64)46-47-58(63)65)50-52(53)60(3,4)56(61)42-39-43-59-62(54-40-35-36-41-55(54)66-59)49-38-34-32-30-28-26-24-22-20-18-16-14-12-10-8-6-2;/h35-36,39-47,50H,5-34,37-38,48-49H2,1-4H3;1H/q+1;/p-1. The average molecular weight is 939 g/mol. The van der Waals surface area contributed by atoms with E-state index < -0.39 is 0 Å². The predicted octanol–water partition coefficient (Wildman–Crippen LogP) is 14.4. The lowest BCUT2D eigenvalue weighted by Crippen LogP contribution is -3.00. The molecule has 2 aromatic carbocycles. The fourth-order valence-corrected chi connectivity index (χ4v) is 10.5. The number of aryl methyl sites for hydroxylation is 1. The van der Waals surface area contributed by atoms with Gasteiger partial charge in [-0.1, -0.05) is 232 Å². The highest BCUT2D eigenvalue weighted by Gasteiger charge is 2.41. The van der Waals surface area contributed by atoms with Crippen LogP contribution in [0.4, 0.5) is 11.4 Å². The minimum Gasteiger partial charge on any atom is -1.00 e. The molecular formula is C60H92ClN3O3. The summed E-state index contributed by atoms with van der Waals surface area (Å²) in [7, 11) is 0. The van der Waals surface area contributed by atoms with Crippen LogP contribution in [0.25, 0.3) is 17.2 Å². The number of carbonyl (C=O) groups excluding carboxylic acids is 2. The summed E-state index contributed by atoms with van der Waals surface area (Å²) in [6.45, 7) is 11.0. The topological polar surface area (TPSA) is 57.6 Å². The van der Waals surface area contributed by atoms with Gasteiger partial charge in [-0.2, -0.15) is 4.57 Å². The van der Waals surface area contributed by atoms with Crippen LogP contribution in [0, 0.1) is 0 Å². The van der Waals surface area contributed by atoms with Crippen molar-refractivity contribution in [2.45, 2.75) is 245 Å². The van der Waals surface area contributed by atoms with E-state index in [9.17, 15) is 9.59 Å². The van der Waals surface area contributed by atoms with Crippen LogP contribution in [0.15, 0.2) is 76.9 Å². The van der Waals surface area contributed by atoms with Gasteiger partial charge in [0.25, 0.3) is 17.3 Å². The number of anilines is 2. The molecule has 7 heteroatoms. The second-order valence-corrected chi connectivity index (χ2v) is 20.4. The van der Waals surface area contributed by atoms with E-state index in [-0.39, 0.29) is 29.6 Å². The molecule has 0 atom stereocenters. The lowest BCUT2D eigenvalue weighted by atomic mass is 9.83. The molecule has 2 aliphatic heterocycles. The number of nitrogens with zero attached hydrogens (tertiary/aromatic N) is 3. The number of para-hydroxylation sites is 2. The number of amides is 2. The van der Waals surface area contributed by atoms with E-state index in [0.29, 0.717) is 5.69 Å². The zero-order valence-corrected chi connectivity index (χ0v) is 43.7. The number of oxazole rings is 1. The number of allylic oxidation sites excluding steroid dienone is 3. The number of benzene rings is 2. The van der Waals surface area contributed by atoms with E-state index in [1.165, 1.54) is 221 Å². The van der Waals surface area contributed by atoms with Crippen LogP contribution in [0.2, 0.25) is 0 Å². The van der Waals surface area contributed by atoms with Crippen molar-refractivity contribution >= 4 is 40.4 Å². The van der Waals surface area contributed by atoms with Gasteiger partial charge in [0.2, 0.25) is 5.58 Å². The van der Waals surface area contributed by atoms with Crippen molar-refractivity contribution in [2.75, 3.05) is 16.3 Å². The number of hydrogen-bond donors (Lipinski definition) is 0. The van der Waals surface area contributed by atoms with Gasteiger partial charge in [-0.05, 0) is 48.7 Å². The third kappa shape index (κ3) is 18.3. The fraction of sp³-hybridized carbons (Fsp3) is 0.650. The van der Waals surface area contributed by atoms with Crippen LogP contribution < -0.4 is 26.8 Å². The molecule has 67 heavy (non-hydrogen) atoms. The van der Waals surface area contributed by atoms with Crippen molar-refractivity contribution in [3.05, 3.63) is 83.9 Å². The number of fused-ring (bicyclic) bond motifs is 2. The van der Waals surface area contributed by atoms with Crippen molar-refractivity contribution in [1.29, 1.82) is 0 Å². The molecule has 3 heterocycles. The van der Waals surface area contributed by atoms with Gasteiger partial charge >= 0.3 is 5.89 Å². The third-order valence-corrected chi connectivity index (χ3v) is 14.5. The number of halogens is 1. The summed E-state index contributed by atoms with van der Waals surface area (Å²) in [6.07, 6.45) is 52.9. The highest BCUT2D eigenvalue weighted by molar-refractivity contribution is 6.28. The molecule has 0 aliphatic carbocycles. The Morgan fingerprint density at radius 3 is 1.51 bits per heavy atom. The lowest BCUT2D eigenvalue weighted by molar-refractivity contribution is -0.678. The zero-order chi connectivity index (χ0) is 46.7. The summed E-state index contributed by atoms with van der Waals surface area (Å²) in [4.78, 5) is 29.2. The smallest absolute Gasteiger partial charge is 0.374 e. The molecule has 0 fully saturated rings. The first-order valence-corrected chi connectivity index (χ1v) is 27.6. The molecule has 5 rings (SSSR count). The Bertz CT molecular complexity index is 1940. The first kappa shape index (κ1) is 56.0. The Balaban J connectivity index is 0.00000980. The van der Waals surface area contributed by atoms with Crippen LogP contribution >= 0.6 is 0 Å². The summed E-state index contributed by atoms with van der Waals surface area (Å²) in [5, 5.41) is 0. The van der Waals surface area contributed by atoms with Gasteiger partial charge in [0.15, 0.2) is 6.54 Å². The van der Waals surface area contributed by atoms with Crippen LogP contribution in [0.1, 0.15) is 245 Å². The van der Waals surface area contributed by atoms with Crippen molar-refractivity contribution in [3.63, 3.8) is 0 Å². The molecule has 0 unspecified atom stereocenters. The van der Waals surface area contributed by atoms with E-state index >= 15 is 0 Å². The molecule has 0 radical (unpaired) electrons. The van der Waals surface area contributed by atoms with Gasteiger partial charge in [0, 0.05) is 48.0 Å². The molecule has 0 bridgehead atoms. The maximum Gasteiger partial charge on any atom is 0.374 e. The Morgan fingerprint density at radius 2 is 1.01 bits per heavy atom. The SMILES string of the molecule is CCCCCCCCCCCCCCCCCCN1/C(=C/C=C/c2oc3ccccc3[n+]2CCCCCCCCCCCCCCCCCC)C(C)(C)c2cc(N3C(=O)C=CC3=O)ccc21.[Cl-]. The summed E-state index contributed by atoms with van der Waals surface area (Å²) >= 11 is 0. The molecule has 1 aromatic heterocycles. The molecule has 0 spiro atoms. The van der Waals surface area contributed by atoms with E-state index in [0.717, 1.165) is 48.5 Å². The van der Waals surface area contributed by atoms with Gasteiger partial charge in [0.05, 0.1) is 11.8 Å². The molecule has 0 saturated heterocycles. The van der Waals surface area contributed by atoms with Crippen LogP contribution in [-0.4, -0.2) is 18.4 Å². The molecular weight excluding hydrogens is 846 g/mol. The second-order valence-electron chi connectivity index (χ2n) is 20.4. The first-order chi connectivity index (χ1) is 32.4. The van der Waals surface area contributed by atoms with Gasteiger partial charge in [-0.15, -0.1) is 0 Å². The Hall–Kier alpha value is -3.64. The third-order valence-electron chi connectivity index (χ3n) is 14.5. The molecule has 0 saturated carbocycles. The second kappa shape index (κ2) is 32.2. The van der Waals surface area contributed by atoms with Crippen LogP contribution in [0.5, 0.6) is 0 Å². The van der Waals surface area contributed by atoms with Crippen molar-refractivity contribution in [3.8, 4) is 0 Å². The average Bonchev–Trinajstić information content (AvgIpc) is 3.92. The first-order valence-electron chi connectivity index (χ1n) is 27.6. The van der Waals surface area contributed by atoms with Crippen molar-refractivity contribution in [1.82, 2.24) is 0 Å². The van der Waals surface area contributed by atoms with Gasteiger partial charge < -0.3 is 21.7 Å². The molecule has 6 nitrogen and oxygen atoms in total. The Labute approximate surface area is 414 Å². The largest absolute Gasteiger partial charge is 1.00 e. The van der Waals surface area contributed by atoms with Gasteiger partial charge in [-0.3, -0.25) is 9.59 Å². The van der Waals surface area contributed by atoms with E-state index in [1.54, 1.807) is 0 Å². The Kier molecular flexibility index (Phi) is 26.9. The van der Waals surface area contributed by atoms with Crippen molar-refractivity contribution in [2.24, 2.45) is 0 Å². The lowest BCUT2D eigenvalue weighted by Gasteiger charge is -2.27. The summed E-state index contributed by atoms with van der Waals surface area (Å²) < 4.78 is 8.86. The van der Waals surface area contributed by atoms with Crippen LogP contribution in [0.3, 0.4) is 0 Å². The van der Waals surface area contributed by atoms with Crippen molar-refractivity contribution < 1.29 is 31.0 Å². The molecule has 2 aliphatic rings. The summed E-state index contributed by atoms with van der Waals surface area (Å²) in [5.41, 5.74) is 5.92. The number of carbonyl (C=O) groups is 2.